The Morgan fingerprint density at radius 1 is 1.21 bits per heavy atom. The number of aromatic nitrogens is 4. The molecule has 0 aliphatic carbocycles. The number of aliphatic hydroxyl groups excluding tert-OH is 1. The summed E-state index contributed by atoms with van der Waals surface area (Å²) in [6.07, 6.45) is 0. The molecule has 0 aliphatic rings. The number of hydrogen-bond acceptors (Lipinski definition) is 7. The number of H-pyrrole nitrogens is 1. The molecule has 0 saturated heterocycles. The van der Waals surface area contributed by atoms with Gasteiger partial charge in [-0.05, 0) is 31.2 Å². The van der Waals surface area contributed by atoms with Crippen molar-refractivity contribution >= 4 is 38.9 Å². The van der Waals surface area contributed by atoms with Gasteiger partial charge in [-0.25, -0.2) is 14.4 Å². The van der Waals surface area contributed by atoms with E-state index < -0.39 is 11.1 Å². The van der Waals surface area contributed by atoms with Gasteiger partial charge in [0.15, 0.2) is 5.82 Å². The van der Waals surface area contributed by atoms with Gasteiger partial charge >= 0.3 is 0 Å². The molecule has 0 fully saturated rings. The van der Waals surface area contributed by atoms with E-state index in [0.717, 1.165) is 22.0 Å². The third-order valence-corrected chi connectivity index (χ3v) is 6.16. The summed E-state index contributed by atoms with van der Waals surface area (Å²) >= 11 is 2.51. The second-order valence-corrected chi connectivity index (χ2v) is 8.40. The van der Waals surface area contributed by atoms with Crippen LogP contribution in [0.2, 0.25) is 0 Å². The topological polar surface area (TPSA) is 98.5 Å². The van der Waals surface area contributed by atoms with E-state index in [1.807, 2.05) is 24.3 Å². The van der Waals surface area contributed by atoms with Crippen molar-refractivity contribution in [1.29, 1.82) is 5.26 Å². The lowest BCUT2D eigenvalue weighted by Gasteiger charge is -2.09. The normalized spacial score (nSPS) is 13.1. The Morgan fingerprint density at radius 3 is 2.72 bits per heavy atom. The third-order valence-electron chi connectivity index (χ3n) is 4.14. The molecule has 0 bridgehead atoms. The van der Waals surface area contributed by atoms with Crippen molar-refractivity contribution in [3.05, 3.63) is 65.1 Å². The standard InChI is InChI=1S/C20H14FN5OS2/c1-11(28-20-24-18(25-26-20)12-6-2-3-7-14(12)21)17(27)13(10-22)19-23-15-8-4-5-9-16(15)29-19/h2-9,11,27H,1H3,(H,24,25,26)/b17-13+. The van der Waals surface area contributed by atoms with E-state index >= 15 is 0 Å². The number of aliphatic hydroxyl groups is 1. The van der Waals surface area contributed by atoms with Crippen LogP contribution in [0.25, 0.3) is 27.2 Å². The van der Waals surface area contributed by atoms with Gasteiger partial charge in [0.1, 0.15) is 28.2 Å². The molecular formula is C20H14FN5OS2. The first-order valence-electron chi connectivity index (χ1n) is 8.60. The fourth-order valence-corrected chi connectivity index (χ4v) is 4.44. The van der Waals surface area contributed by atoms with E-state index in [1.165, 1.54) is 17.4 Å². The summed E-state index contributed by atoms with van der Waals surface area (Å²) in [6, 6.07) is 15.9. The summed E-state index contributed by atoms with van der Waals surface area (Å²) in [5.41, 5.74) is 1.21. The van der Waals surface area contributed by atoms with Crippen LogP contribution in [0.15, 0.2) is 59.4 Å². The van der Waals surface area contributed by atoms with E-state index in [0.29, 0.717) is 21.6 Å². The van der Waals surface area contributed by atoms with Crippen LogP contribution >= 0.6 is 23.1 Å². The number of allylic oxidation sites excluding steroid dienone is 1. The van der Waals surface area contributed by atoms with E-state index in [4.69, 9.17) is 0 Å². The summed E-state index contributed by atoms with van der Waals surface area (Å²) in [5, 5.41) is 27.3. The minimum atomic E-state index is -0.499. The minimum absolute atomic E-state index is 0.103. The SMILES string of the molecule is CC(Sc1n[nH]c(-c2ccccc2F)n1)/C(O)=C(/C#N)c1nc2ccccc2s1. The lowest BCUT2D eigenvalue weighted by atomic mass is 10.2. The first kappa shape index (κ1) is 19.1. The van der Waals surface area contributed by atoms with Gasteiger partial charge in [-0.1, -0.05) is 36.0 Å². The summed E-state index contributed by atoms with van der Waals surface area (Å²) in [5.74, 6) is -0.208. The maximum absolute atomic E-state index is 13.9. The Labute approximate surface area is 173 Å². The monoisotopic (exact) mass is 423 g/mol. The van der Waals surface area contributed by atoms with Crippen LogP contribution in [0.5, 0.6) is 0 Å². The lowest BCUT2D eigenvalue weighted by molar-refractivity contribution is 0.402. The third kappa shape index (κ3) is 3.85. The molecule has 4 aromatic rings. The van der Waals surface area contributed by atoms with Crippen molar-refractivity contribution in [3.63, 3.8) is 0 Å². The number of benzene rings is 2. The van der Waals surface area contributed by atoms with Crippen LogP contribution in [0.3, 0.4) is 0 Å². The van der Waals surface area contributed by atoms with Gasteiger partial charge in [0.2, 0.25) is 5.16 Å². The largest absolute Gasteiger partial charge is 0.510 e. The molecule has 0 radical (unpaired) electrons. The number of halogens is 1. The van der Waals surface area contributed by atoms with Gasteiger partial charge < -0.3 is 5.11 Å². The highest BCUT2D eigenvalue weighted by molar-refractivity contribution is 7.99. The number of nitrogens with one attached hydrogen (secondary N) is 1. The second kappa shape index (κ2) is 8.03. The highest BCUT2D eigenvalue weighted by atomic mass is 32.2. The van der Waals surface area contributed by atoms with Crippen molar-refractivity contribution in [1.82, 2.24) is 20.2 Å². The summed E-state index contributed by atoms with van der Waals surface area (Å²) in [4.78, 5) is 8.72. The average Bonchev–Trinajstić information content (AvgIpc) is 3.35. The number of nitrogens with zero attached hydrogens (tertiary/aromatic N) is 4. The molecule has 2 heterocycles. The highest BCUT2D eigenvalue weighted by Crippen LogP contribution is 2.33. The molecule has 2 aromatic heterocycles. The number of para-hydroxylation sites is 1. The van der Waals surface area contributed by atoms with E-state index in [9.17, 15) is 14.8 Å². The number of rotatable bonds is 5. The first-order valence-corrected chi connectivity index (χ1v) is 10.3. The van der Waals surface area contributed by atoms with Gasteiger partial charge in [-0.15, -0.1) is 16.4 Å². The molecule has 0 spiro atoms. The van der Waals surface area contributed by atoms with Crippen LogP contribution in [-0.4, -0.2) is 30.5 Å². The van der Waals surface area contributed by atoms with Crippen LogP contribution < -0.4 is 0 Å². The predicted molar refractivity (Wildman–Crippen MR) is 112 cm³/mol. The Morgan fingerprint density at radius 2 is 1.97 bits per heavy atom. The number of thiazole rings is 1. The number of thioether (sulfide) groups is 1. The van der Waals surface area contributed by atoms with Gasteiger partial charge in [-0.2, -0.15) is 5.26 Å². The van der Waals surface area contributed by atoms with Crippen molar-refractivity contribution in [3.8, 4) is 17.5 Å². The first-order chi connectivity index (χ1) is 14.1. The van der Waals surface area contributed by atoms with Gasteiger partial charge in [-0.3, -0.25) is 5.10 Å². The predicted octanol–water partition coefficient (Wildman–Crippen LogP) is 5.19. The number of aromatic amines is 1. The molecule has 2 aromatic carbocycles. The number of hydrogen-bond donors (Lipinski definition) is 2. The van der Waals surface area contributed by atoms with Crippen molar-refractivity contribution in [2.45, 2.75) is 17.3 Å². The average molecular weight is 423 g/mol. The fraction of sp³-hybridized carbons (Fsp3) is 0.100. The zero-order chi connectivity index (χ0) is 20.4. The van der Waals surface area contributed by atoms with Gasteiger partial charge in [0.05, 0.1) is 21.0 Å². The van der Waals surface area contributed by atoms with Gasteiger partial charge in [0, 0.05) is 0 Å². The number of fused-ring (bicyclic) bond motifs is 1. The Hall–Kier alpha value is -3.22. The maximum Gasteiger partial charge on any atom is 0.209 e. The smallest absolute Gasteiger partial charge is 0.209 e. The summed E-state index contributed by atoms with van der Waals surface area (Å²) in [6.45, 7) is 1.74. The highest BCUT2D eigenvalue weighted by Gasteiger charge is 2.21. The fourth-order valence-electron chi connectivity index (χ4n) is 2.68. The zero-order valence-corrected chi connectivity index (χ0v) is 16.8. The number of nitriles is 1. The summed E-state index contributed by atoms with van der Waals surface area (Å²) in [7, 11) is 0. The molecule has 2 N–H and O–H groups in total. The molecule has 9 heteroatoms. The molecule has 0 aliphatic heterocycles. The molecule has 1 unspecified atom stereocenters. The second-order valence-electron chi connectivity index (χ2n) is 6.07. The molecular weight excluding hydrogens is 409 g/mol. The Bertz CT molecular complexity index is 1220. The Balaban J connectivity index is 1.59. The zero-order valence-electron chi connectivity index (χ0n) is 15.1. The molecule has 29 heavy (non-hydrogen) atoms. The van der Waals surface area contributed by atoms with Crippen molar-refractivity contribution in [2.75, 3.05) is 0 Å². The van der Waals surface area contributed by atoms with Crippen molar-refractivity contribution in [2.24, 2.45) is 0 Å². The molecule has 4 rings (SSSR count). The van der Waals surface area contributed by atoms with E-state index in [1.54, 1.807) is 25.1 Å². The van der Waals surface area contributed by atoms with Crippen LogP contribution in [0, 0.1) is 17.1 Å². The van der Waals surface area contributed by atoms with Crippen molar-refractivity contribution < 1.29 is 9.50 Å². The van der Waals surface area contributed by atoms with E-state index in [-0.39, 0.29) is 11.3 Å². The van der Waals surface area contributed by atoms with Gasteiger partial charge in [0.25, 0.3) is 0 Å². The molecule has 1 atom stereocenters. The quantitative estimate of drug-likeness (QED) is 0.260. The van der Waals surface area contributed by atoms with Crippen LogP contribution in [-0.2, 0) is 0 Å². The van der Waals surface area contributed by atoms with Crippen LogP contribution in [0.1, 0.15) is 11.9 Å². The lowest BCUT2D eigenvalue weighted by Crippen LogP contribution is -2.04. The molecule has 144 valence electrons. The maximum atomic E-state index is 13.9. The Kier molecular flexibility index (Phi) is 5.29. The molecule has 0 saturated carbocycles. The molecule has 0 amide bonds. The molecule has 6 nitrogen and oxygen atoms in total. The van der Waals surface area contributed by atoms with Crippen LogP contribution in [0.4, 0.5) is 4.39 Å². The minimum Gasteiger partial charge on any atom is -0.510 e. The summed E-state index contributed by atoms with van der Waals surface area (Å²) < 4.78 is 14.9. The van der Waals surface area contributed by atoms with E-state index in [2.05, 4.69) is 26.2 Å².